The average molecular weight is 293 g/mol. The van der Waals surface area contributed by atoms with Gasteiger partial charge < -0.3 is 14.6 Å². The van der Waals surface area contributed by atoms with Crippen molar-refractivity contribution >= 4 is 23.1 Å². The molecule has 0 radical (unpaired) electrons. The number of aromatic nitrogens is 2. The van der Waals surface area contributed by atoms with Gasteiger partial charge in [-0.1, -0.05) is 12.1 Å². The molecule has 108 valence electrons. The zero-order chi connectivity index (χ0) is 14.5. The molecule has 0 saturated carbocycles. The Morgan fingerprint density at radius 2 is 2.05 bits per heavy atom. The summed E-state index contributed by atoms with van der Waals surface area (Å²) in [5, 5.41) is 0.648. The number of H-pyrrole nitrogens is 1. The molecule has 0 aliphatic carbocycles. The van der Waals surface area contributed by atoms with Crippen LogP contribution in [0.1, 0.15) is 0 Å². The van der Waals surface area contributed by atoms with Gasteiger partial charge in [-0.05, 0) is 38.4 Å². The van der Waals surface area contributed by atoms with Gasteiger partial charge in [0.1, 0.15) is 0 Å². The van der Waals surface area contributed by atoms with Crippen molar-refractivity contribution in [1.29, 1.82) is 0 Å². The molecule has 0 fully saturated rings. The minimum atomic E-state index is -0.0689. The topological polar surface area (TPSA) is 50.3 Å². The van der Waals surface area contributed by atoms with Crippen LogP contribution in [0.4, 0.5) is 0 Å². The van der Waals surface area contributed by atoms with Gasteiger partial charge in [-0.25, -0.2) is 0 Å². The summed E-state index contributed by atoms with van der Waals surface area (Å²) in [6, 6.07) is 7.37. The highest BCUT2D eigenvalue weighted by atomic mass is 32.1. The predicted molar refractivity (Wildman–Crippen MR) is 82.8 cm³/mol. The van der Waals surface area contributed by atoms with Crippen molar-refractivity contribution in [2.45, 2.75) is 6.54 Å². The number of ether oxygens (including phenoxy) is 1. The fraction of sp³-hybridized carbons (Fsp3) is 0.429. The van der Waals surface area contributed by atoms with E-state index >= 15 is 0 Å². The third kappa shape index (κ3) is 3.53. The lowest BCUT2D eigenvalue weighted by Gasteiger charge is -2.11. The molecule has 1 aromatic heterocycles. The Bertz CT molecular complexity index is 691. The van der Waals surface area contributed by atoms with E-state index in [4.69, 9.17) is 17.0 Å². The maximum absolute atomic E-state index is 12.3. The number of hydrogen-bond acceptors (Lipinski definition) is 4. The number of hydrogen-bond donors (Lipinski definition) is 1. The second-order valence-electron chi connectivity index (χ2n) is 4.85. The number of likely N-dealkylation sites (N-methyl/N-ethyl adjacent to an activating group) is 1. The highest BCUT2D eigenvalue weighted by molar-refractivity contribution is 7.71. The van der Waals surface area contributed by atoms with Crippen LogP contribution in [-0.2, 0) is 11.3 Å². The first-order valence-electron chi connectivity index (χ1n) is 6.54. The smallest absolute Gasteiger partial charge is 0.262 e. The summed E-state index contributed by atoms with van der Waals surface area (Å²) in [4.78, 5) is 17.5. The van der Waals surface area contributed by atoms with E-state index in [0.717, 1.165) is 12.1 Å². The first-order chi connectivity index (χ1) is 9.59. The van der Waals surface area contributed by atoms with E-state index in [2.05, 4.69) is 9.88 Å². The molecule has 2 aromatic rings. The third-order valence-electron chi connectivity index (χ3n) is 3.03. The van der Waals surface area contributed by atoms with Crippen LogP contribution in [0, 0.1) is 4.77 Å². The Balaban J connectivity index is 2.10. The molecular formula is C14H19N3O2S. The summed E-state index contributed by atoms with van der Waals surface area (Å²) in [5.74, 6) is 0. The Hall–Kier alpha value is -1.50. The zero-order valence-electron chi connectivity index (χ0n) is 11.8. The largest absolute Gasteiger partial charge is 0.378 e. The lowest BCUT2D eigenvalue weighted by Crippen LogP contribution is -2.25. The summed E-state index contributed by atoms with van der Waals surface area (Å²) in [6.07, 6.45) is 0. The lowest BCUT2D eigenvalue weighted by molar-refractivity contribution is 0.110. The number of para-hydroxylation sites is 1. The molecule has 0 amide bonds. The average Bonchev–Trinajstić information content (AvgIpc) is 2.41. The summed E-state index contributed by atoms with van der Waals surface area (Å²) >= 11 is 5.23. The van der Waals surface area contributed by atoms with Crippen LogP contribution in [0.15, 0.2) is 29.1 Å². The molecule has 0 aliphatic rings. The first kappa shape index (κ1) is 14.9. The summed E-state index contributed by atoms with van der Waals surface area (Å²) < 4.78 is 7.49. The van der Waals surface area contributed by atoms with E-state index in [-0.39, 0.29) is 5.56 Å². The Morgan fingerprint density at radius 3 is 2.80 bits per heavy atom. The number of aromatic amines is 1. The van der Waals surface area contributed by atoms with Crippen LogP contribution in [0.25, 0.3) is 10.9 Å². The highest BCUT2D eigenvalue weighted by Gasteiger charge is 2.04. The summed E-state index contributed by atoms with van der Waals surface area (Å²) in [7, 11) is 3.99. The molecule has 0 atom stereocenters. The van der Waals surface area contributed by atoms with Crippen molar-refractivity contribution in [1.82, 2.24) is 14.5 Å². The molecule has 0 unspecified atom stereocenters. The predicted octanol–water partition coefficient (Wildman–Crippen LogP) is 1.64. The van der Waals surface area contributed by atoms with Crippen LogP contribution in [0.5, 0.6) is 0 Å². The number of nitrogens with zero attached hydrogens (tertiary/aromatic N) is 2. The van der Waals surface area contributed by atoms with Crippen LogP contribution in [0.3, 0.4) is 0 Å². The van der Waals surface area contributed by atoms with Crippen LogP contribution >= 0.6 is 12.2 Å². The van der Waals surface area contributed by atoms with E-state index in [1.807, 2.05) is 32.3 Å². The van der Waals surface area contributed by atoms with Gasteiger partial charge in [0.2, 0.25) is 0 Å². The van der Waals surface area contributed by atoms with Crippen molar-refractivity contribution in [3.8, 4) is 0 Å². The van der Waals surface area contributed by atoms with Crippen molar-refractivity contribution in [2.24, 2.45) is 0 Å². The molecule has 0 spiro atoms. The standard InChI is InChI=1S/C14H19N3O2S/c1-16(2)7-9-19-10-8-17-13(18)11-5-3-4-6-12(11)15-14(17)20/h3-6H,7-10H2,1-2H3,(H,15,20). The van der Waals surface area contributed by atoms with Gasteiger partial charge in [0, 0.05) is 6.54 Å². The number of rotatable bonds is 6. The molecule has 1 aromatic carbocycles. The third-order valence-corrected chi connectivity index (χ3v) is 3.35. The summed E-state index contributed by atoms with van der Waals surface area (Å²) in [6.45, 7) is 2.45. The second kappa shape index (κ2) is 6.78. The van der Waals surface area contributed by atoms with Gasteiger partial charge in [0.25, 0.3) is 5.56 Å². The molecule has 0 saturated heterocycles. The molecule has 0 aliphatic heterocycles. The zero-order valence-corrected chi connectivity index (χ0v) is 12.6. The van der Waals surface area contributed by atoms with E-state index < -0.39 is 0 Å². The molecule has 6 heteroatoms. The fourth-order valence-corrected chi connectivity index (χ4v) is 2.19. The van der Waals surface area contributed by atoms with E-state index in [9.17, 15) is 4.79 Å². The molecular weight excluding hydrogens is 274 g/mol. The molecule has 1 N–H and O–H groups in total. The van der Waals surface area contributed by atoms with Gasteiger partial charge in [0.05, 0.1) is 30.7 Å². The highest BCUT2D eigenvalue weighted by Crippen LogP contribution is 2.05. The van der Waals surface area contributed by atoms with Gasteiger partial charge >= 0.3 is 0 Å². The lowest BCUT2D eigenvalue weighted by atomic mass is 10.2. The van der Waals surface area contributed by atoms with Crippen molar-refractivity contribution in [3.05, 3.63) is 39.4 Å². The monoisotopic (exact) mass is 293 g/mol. The number of benzene rings is 1. The normalized spacial score (nSPS) is 11.3. The van der Waals surface area contributed by atoms with Crippen molar-refractivity contribution in [2.75, 3.05) is 33.9 Å². The molecule has 1 heterocycles. The minimum absolute atomic E-state index is 0.0689. The minimum Gasteiger partial charge on any atom is -0.378 e. The van der Waals surface area contributed by atoms with Gasteiger partial charge in [0.15, 0.2) is 4.77 Å². The molecule has 5 nitrogen and oxygen atoms in total. The van der Waals surface area contributed by atoms with E-state index in [1.165, 1.54) is 0 Å². The van der Waals surface area contributed by atoms with Gasteiger partial charge in [-0.2, -0.15) is 0 Å². The van der Waals surface area contributed by atoms with Gasteiger partial charge in [-0.15, -0.1) is 0 Å². The van der Waals surface area contributed by atoms with Crippen molar-refractivity contribution in [3.63, 3.8) is 0 Å². The second-order valence-corrected chi connectivity index (χ2v) is 5.23. The first-order valence-corrected chi connectivity index (χ1v) is 6.95. The quantitative estimate of drug-likeness (QED) is 0.650. The maximum atomic E-state index is 12.3. The van der Waals surface area contributed by atoms with Crippen LogP contribution in [-0.4, -0.2) is 48.3 Å². The van der Waals surface area contributed by atoms with Crippen LogP contribution < -0.4 is 5.56 Å². The summed E-state index contributed by atoms with van der Waals surface area (Å²) in [5.41, 5.74) is 0.702. The van der Waals surface area contributed by atoms with E-state index in [1.54, 1.807) is 10.6 Å². The maximum Gasteiger partial charge on any atom is 0.262 e. The number of nitrogens with one attached hydrogen (secondary N) is 1. The van der Waals surface area contributed by atoms with Crippen LogP contribution in [0.2, 0.25) is 0 Å². The van der Waals surface area contributed by atoms with E-state index in [0.29, 0.717) is 29.9 Å². The SMILES string of the molecule is CN(C)CCOCCn1c(=S)[nH]c2ccccc2c1=O. The number of fused-ring (bicyclic) bond motifs is 1. The molecule has 20 heavy (non-hydrogen) atoms. The Morgan fingerprint density at radius 1 is 1.30 bits per heavy atom. The van der Waals surface area contributed by atoms with Gasteiger partial charge in [-0.3, -0.25) is 9.36 Å². The Kier molecular flexibility index (Phi) is 5.05. The molecule has 2 rings (SSSR count). The Labute approximate surface area is 122 Å². The fourth-order valence-electron chi connectivity index (χ4n) is 1.91. The molecule has 0 bridgehead atoms. The van der Waals surface area contributed by atoms with Crippen molar-refractivity contribution < 1.29 is 4.74 Å².